The van der Waals surface area contributed by atoms with Crippen LogP contribution in [0, 0.1) is 11.3 Å². The van der Waals surface area contributed by atoms with Gasteiger partial charge in [0.1, 0.15) is 0 Å². The number of rotatable bonds is 7. The zero-order chi connectivity index (χ0) is 20.5. The summed E-state index contributed by atoms with van der Waals surface area (Å²) in [6, 6.07) is 19.6. The van der Waals surface area contributed by atoms with Crippen LogP contribution in [0.5, 0.6) is 0 Å². The Labute approximate surface area is 175 Å². The van der Waals surface area contributed by atoms with Gasteiger partial charge < -0.3 is 15.1 Å². The predicted octanol–water partition coefficient (Wildman–Crippen LogP) is 2.26. The van der Waals surface area contributed by atoms with Crippen molar-refractivity contribution in [3.63, 3.8) is 0 Å². The molecule has 29 heavy (non-hydrogen) atoms. The SMILES string of the molecule is N#Cc1ccc(CSCC(=O)NCC(=O)N2CCN(c3ccccc3)CC2)cc1. The molecule has 150 valence electrons. The third-order valence-electron chi connectivity index (χ3n) is 4.78. The Bertz CT molecular complexity index is 857. The predicted molar refractivity (Wildman–Crippen MR) is 116 cm³/mol. The minimum absolute atomic E-state index is 0.0387. The molecule has 0 aliphatic carbocycles. The van der Waals surface area contributed by atoms with Gasteiger partial charge in [-0.25, -0.2) is 0 Å². The van der Waals surface area contributed by atoms with Crippen molar-refractivity contribution in [3.8, 4) is 6.07 Å². The van der Waals surface area contributed by atoms with E-state index in [1.165, 1.54) is 17.4 Å². The number of hydrogen-bond acceptors (Lipinski definition) is 5. The van der Waals surface area contributed by atoms with Crippen LogP contribution in [0.3, 0.4) is 0 Å². The lowest BCUT2D eigenvalue weighted by molar-refractivity contribution is -0.132. The largest absolute Gasteiger partial charge is 0.368 e. The highest BCUT2D eigenvalue weighted by Gasteiger charge is 2.21. The maximum absolute atomic E-state index is 12.4. The van der Waals surface area contributed by atoms with E-state index in [1.807, 2.05) is 35.2 Å². The molecule has 6 nitrogen and oxygen atoms in total. The Morgan fingerprint density at radius 2 is 1.69 bits per heavy atom. The molecule has 1 aliphatic rings. The first-order chi connectivity index (χ1) is 14.2. The third-order valence-corrected chi connectivity index (χ3v) is 5.78. The van der Waals surface area contributed by atoms with Crippen molar-refractivity contribution in [1.29, 1.82) is 5.26 Å². The maximum atomic E-state index is 12.4. The molecule has 1 aliphatic heterocycles. The minimum Gasteiger partial charge on any atom is -0.368 e. The van der Waals surface area contributed by atoms with E-state index in [9.17, 15) is 9.59 Å². The van der Waals surface area contributed by atoms with Crippen LogP contribution >= 0.6 is 11.8 Å². The maximum Gasteiger partial charge on any atom is 0.242 e. The Morgan fingerprint density at radius 1 is 1.00 bits per heavy atom. The lowest BCUT2D eigenvalue weighted by Gasteiger charge is -2.36. The number of nitriles is 1. The summed E-state index contributed by atoms with van der Waals surface area (Å²) in [5.41, 5.74) is 2.86. The van der Waals surface area contributed by atoms with Crippen LogP contribution in [0.1, 0.15) is 11.1 Å². The van der Waals surface area contributed by atoms with Gasteiger partial charge in [0.2, 0.25) is 11.8 Å². The standard InChI is InChI=1S/C22H24N4O2S/c23-14-18-6-8-19(9-7-18)16-29-17-21(27)24-15-22(28)26-12-10-25(11-13-26)20-4-2-1-3-5-20/h1-9H,10-13,15-17H2,(H,24,27). The second-order valence-electron chi connectivity index (χ2n) is 6.78. The summed E-state index contributed by atoms with van der Waals surface area (Å²) in [5, 5.41) is 11.5. The van der Waals surface area contributed by atoms with Gasteiger partial charge in [0, 0.05) is 37.6 Å². The van der Waals surface area contributed by atoms with Crippen molar-refractivity contribution < 1.29 is 9.59 Å². The van der Waals surface area contributed by atoms with Crippen molar-refractivity contribution in [2.45, 2.75) is 5.75 Å². The van der Waals surface area contributed by atoms with Crippen LogP contribution in [0.4, 0.5) is 5.69 Å². The lowest BCUT2D eigenvalue weighted by Crippen LogP contribution is -2.51. The fourth-order valence-corrected chi connectivity index (χ4v) is 3.94. The molecule has 0 radical (unpaired) electrons. The van der Waals surface area contributed by atoms with Gasteiger partial charge in [0.05, 0.1) is 23.9 Å². The fraction of sp³-hybridized carbons (Fsp3) is 0.318. The lowest BCUT2D eigenvalue weighted by atomic mass is 10.2. The van der Waals surface area contributed by atoms with Gasteiger partial charge in [-0.2, -0.15) is 5.26 Å². The zero-order valence-electron chi connectivity index (χ0n) is 16.2. The second-order valence-corrected chi connectivity index (χ2v) is 7.77. The van der Waals surface area contributed by atoms with E-state index in [-0.39, 0.29) is 18.4 Å². The molecule has 1 saturated heterocycles. The van der Waals surface area contributed by atoms with Crippen molar-refractivity contribution in [1.82, 2.24) is 10.2 Å². The molecule has 1 N–H and O–H groups in total. The molecule has 0 spiro atoms. The van der Waals surface area contributed by atoms with Gasteiger partial charge in [-0.15, -0.1) is 11.8 Å². The quantitative estimate of drug-likeness (QED) is 0.761. The van der Waals surface area contributed by atoms with E-state index in [1.54, 1.807) is 12.1 Å². The van der Waals surface area contributed by atoms with Gasteiger partial charge in [-0.05, 0) is 29.8 Å². The van der Waals surface area contributed by atoms with Crippen LogP contribution in [0.25, 0.3) is 0 Å². The number of nitrogens with one attached hydrogen (secondary N) is 1. The molecule has 0 unspecified atom stereocenters. The topological polar surface area (TPSA) is 76.4 Å². The van der Waals surface area contributed by atoms with Crippen LogP contribution in [-0.4, -0.2) is 55.2 Å². The molecule has 0 saturated carbocycles. The van der Waals surface area contributed by atoms with Crippen molar-refractivity contribution in [2.75, 3.05) is 43.4 Å². The molecule has 2 amide bonds. The van der Waals surface area contributed by atoms with E-state index >= 15 is 0 Å². The van der Waals surface area contributed by atoms with Gasteiger partial charge >= 0.3 is 0 Å². The summed E-state index contributed by atoms with van der Waals surface area (Å²) < 4.78 is 0. The normalized spacial score (nSPS) is 13.6. The van der Waals surface area contributed by atoms with Crippen molar-refractivity contribution in [2.24, 2.45) is 0 Å². The van der Waals surface area contributed by atoms with E-state index < -0.39 is 0 Å². The summed E-state index contributed by atoms with van der Waals surface area (Å²) in [4.78, 5) is 28.4. The number of thioether (sulfide) groups is 1. The van der Waals surface area contributed by atoms with Crippen LogP contribution in [-0.2, 0) is 15.3 Å². The number of nitrogens with zero attached hydrogens (tertiary/aromatic N) is 3. The highest BCUT2D eigenvalue weighted by molar-refractivity contribution is 7.99. The molecule has 2 aromatic carbocycles. The average molecular weight is 409 g/mol. The molecule has 0 aromatic heterocycles. The summed E-state index contributed by atoms with van der Waals surface area (Å²) in [6.45, 7) is 2.96. The molecule has 2 aromatic rings. The molecule has 7 heteroatoms. The molecular weight excluding hydrogens is 384 g/mol. The first kappa shape index (κ1) is 20.7. The van der Waals surface area contributed by atoms with E-state index in [2.05, 4.69) is 28.4 Å². The number of piperazine rings is 1. The third kappa shape index (κ3) is 6.26. The minimum atomic E-state index is -0.139. The molecule has 1 heterocycles. The number of amides is 2. The number of carbonyl (C=O) groups is 2. The summed E-state index contributed by atoms with van der Waals surface area (Å²) >= 11 is 1.49. The van der Waals surface area contributed by atoms with Gasteiger partial charge in [-0.1, -0.05) is 30.3 Å². The smallest absolute Gasteiger partial charge is 0.242 e. The first-order valence-corrected chi connectivity index (χ1v) is 10.7. The molecule has 0 bridgehead atoms. The number of hydrogen-bond donors (Lipinski definition) is 1. The Kier molecular flexibility index (Phi) is 7.54. The van der Waals surface area contributed by atoms with E-state index in [4.69, 9.17) is 5.26 Å². The highest BCUT2D eigenvalue weighted by Crippen LogP contribution is 2.15. The van der Waals surface area contributed by atoms with Crippen LogP contribution in [0.15, 0.2) is 54.6 Å². The number of benzene rings is 2. The average Bonchev–Trinajstić information content (AvgIpc) is 2.78. The highest BCUT2D eigenvalue weighted by atomic mass is 32.2. The second kappa shape index (κ2) is 10.5. The van der Waals surface area contributed by atoms with E-state index in [0.29, 0.717) is 30.2 Å². The van der Waals surface area contributed by atoms with Crippen molar-refractivity contribution in [3.05, 3.63) is 65.7 Å². The Balaban J connectivity index is 1.33. The Morgan fingerprint density at radius 3 is 2.34 bits per heavy atom. The number of anilines is 1. The first-order valence-electron chi connectivity index (χ1n) is 9.57. The van der Waals surface area contributed by atoms with Crippen LogP contribution in [0.2, 0.25) is 0 Å². The Hall–Kier alpha value is -2.98. The molecule has 3 rings (SSSR count). The fourth-order valence-electron chi connectivity index (χ4n) is 3.13. The monoisotopic (exact) mass is 408 g/mol. The molecule has 1 fully saturated rings. The summed E-state index contributed by atoms with van der Waals surface area (Å²) in [7, 11) is 0. The number of carbonyl (C=O) groups excluding carboxylic acids is 2. The zero-order valence-corrected chi connectivity index (χ0v) is 17.0. The molecular formula is C22H24N4O2S. The van der Waals surface area contributed by atoms with Gasteiger partial charge in [0.15, 0.2) is 0 Å². The van der Waals surface area contributed by atoms with E-state index in [0.717, 1.165) is 18.7 Å². The van der Waals surface area contributed by atoms with Crippen molar-refractivity contribution >= 4 is 29.3 Å². The van der Waals surface area contributed by atoms with Gasteiger partial charge in [0.25, 0.3) is 0 Å². The number of para-hydroxylation sites is 1. The van der Waals surface area contributed by atoms with Gasteiger partial charge in [-0.3, -0.25) is 9.59 Å². The molecule has 0 atom stereocenters. The van der Waals surface area contributed by atoms with Crippen LogP contribution < -0.4 is 10.2 Å². The summed E-state index contributed by atoms with van der Waals surface area (Å²) in [6.07, 6.45) is 0. The summed E-state index contributed by atoms with van der Waals surface area (Å²) in [5.74, 6) is 0.812.